The second kappa shape index (κ2) is 10.9. The van der Waals surface area contributed by atoms with Crippen LogP contribution < -0.4 is 28.4 Å². The zero-order valence-corrected chi connectivity index (χ0v) is 22.2. The molecule has 0 heterocycles. The highest BCUT2D eigenvalue weighted by Crippen LogP contribution is 2.56. The Labute approximate surface area is 207 Å². The van der Waals surface area contributed by atoms with Gasteiger partial charge in [-0.05, 0) is 61.8 Å². The van der Waals surface area contributed by atoms with Crippen LogP contribution in [-0.2, 0) is 17.6 Å². The van der Waals surface area contributed by atoms with Crippen LogP contribution in [0, 0.1) is 11.8 Å². The summed E-state index contributed by atoms with van der Waals surface area (Å²) in [5.41, 5.74) is 3.98. The van der Waals surface area contributed by atoms with Crippen LogP contribution in [0.1, 0.15) is 38.8 Å². The minimum absolute atomic E-state index is 0.293. The van der Waals surface area contributed by atoms with Crippen molar-refractivity contribution in [2.45, 2.75) is 40.5 Å². The average molecular weight is 485 g/mol. The monoisotopic (exact) mass is 484 g/mol. The van der Waals surface area contributed by atoms with Crippen LogP contribution in [0.15, 0.2) is 23.8 Å². The lowest BCUT2D eigenvalue weighted by Crippen LogP contribution is -2.19. The molecule has 0 unspecified atom stereocenters. The molecule has 0 N–H and O–H groups in total. The molecule has 0 radical (unpaired) electrons. The second-order valence-corrected chi connectivity index (χ2v) is 8.88. The third-order valence-corrected chi connectivity index (χ3v) is 6.87. The molecular weight excluding hydrogens is 448 g/mol. The van der Waals surface area contributed by atoms with Crippen molar-refractivity contribution in [3.63, 3.8) is 0 Å². The summed E-state index contributed by atoms with van der Waals surface area (Å²) in [7, 11) is 7.88. The molecule has 7 heteroatoms. The van der Waals surface area contributed by atoms with E-state index in [1.165, 1.54) is 7.11 Å². The van der Waals surface area contributed by atoms with Gasteiger partial charge in [-0.3, -0.25) is 0 Å². The number of rotatable bonds is 7. The van der Waals surface area contributed by atoms with Crippen molar-refractivity contribution in [2.75, 3.05) is 35.5 Å². The van der Waals surface area contributed by atoms with Gasteiger partial charge in [-0.25, -0.2) is 4.79 Å². The zero-order valence-electron chi connectivity index (χ0n) is 22.2. The largest absolute Gasteiger partial charge is 0.493 e. The van der Waals surface area contributed by atoms with E-state index in [4.69, 9.17) is 28.4 Å². The molecule has 0 spiro atoms. The first-order chi connectivity index (χ1) is 16.8. The Morgan fingerprint density at radius 2 is 1.17 bits per heavy atom. The Kier molecular flexibility index (Phi) is 8.20. The summed E-state index contributed by atoms with van der Waals surface area (Å²) in [5, 5.41) is 0. The molecule has 0 aromatic heterocycles. The molecule has 2 atom stereocenters. The van der Waals surface area contributed by atoms with E-state index in [-0.39, 0.29) is 0 Å². The predicted molar refractivity (Wildman–Crippen MR) is 135 cm³/mol. The second-order valence-electron chi connectivity index (χ2n) is 8.88. The lowest BCUT2D eigenvalue weighted by molar-refractivity contribution is -0.130. The van der Waals surface area contributed by atoms with Gasteiger partial charge < -0.3 is 28.4 Å². The third-order valence-electron chi connectivity index (χ3n) is 6.87. The van der Waals surface area contributed by atoms with Gasteiger partial charge in [-0.1, -0.05) is 19.9 Å². The lowest BCUT2D eigenvalue weighted by Gasteiger charge is -2.30. The van der Waals surface area contributed by atoms with E-state index < -0.39 is 5.97 Å². The highest BCUT2D eigenvalue weighted by molar-refractivity contribution is 5.94. The summed E-state index contributed by atoms with van der Waals surface area (Å²) in [6.45, 7) is 7.97. The van der Waals surface area contributed by atoms with E-state index in [0.717, 1.165) is 35.1 Å². The Morgan fingerprint density at radius 1 is 0.743 bits per heavy atom. The molecular formula is C28H36O7. The topological polar surface area (TPSA) is 72.5 Å². The molecule has 0 saturated heterocycles. The summed E-state index contributed by atoms with van der Waals surface area (Å²) in [6, 6.07) is 3.94. The molecule has 0 fully saturated rings. The van der Waals surface area contributed by atoms with Crippen molar-refractivity contribution in [1.29, 1.82) is 0 Å². The predicted octanol–water partition coefficient (Wildman–Crippen LogP) is 5.64. The SMILES string of the molecule is C/C=C(\C)C(=O)Oc1c(OC)c(OC)cc2c1-c1c(cc(OC)c(OC)c1OC)C[C@@H](C)[C@@H](C)C2. The molecule has 1 aliphatic carbocycles. The van der Waals surface area contributed by atoms with E-state index in [0.29, 0.717) is 51.9 Å². The van der Waals surface area contributed by atoms with Crippen LogP contribution in [0.5, 0.6) is 34.5 Å². The normalized spacial score (nSPS) is 17.3. The lowest BCUT2D eigenvalue weighted by atomic mass is 9.77. The summed E-state index contributed by atoms with van der Waals surface area (Å²) in [5.74, 6) is 2.94. The van der Waals surface area contributed by atoms with E-state index in [9.17, 15) is 4.79 Å². The van der Waals surface area contributed by atoms with Crippen molar-refractivity contribution in [2.24, 2.45) is 11.8 Å². The number of hydrogen-bond acceptors (Lipinski definition) is 7. The maximum Gasteiger partial charge on any atom is 0.338 e. The van der Waals surface area contributed by atoms with Crippen LogP contribution in [-0.4, -0.2) is 41.5 Å². The highest BCUT2D eigenvalue weighted by Gasteiger charge is 2.34. The summed E-state index contributed by atoms with van der Waals surface area (Å²) in [6.07, 6.45) is 3.24. The van der Waals surface area contributed by atoms with Gasteiger partial charge >= 0.3 is 5.97 Å². The number of ether oxygens (including phenoxy) is 6. The van der Waals surface area contributed by atoms with Gasteiger partial charge in [0.15, 0.2) is 23.0 Å². The van der Waals surface area contributed by atoms with Crippen molar-refractivity contribution in [3.8, 4) is 45.6 Å². The first-order valence-corrected chi connectivity index (χ1v) is 11.7. The number of hydrogen-bond donors (Lipinski definition) is 0. The number of allylic oxidation sites excluding steroid dienone is 1. The van der Waals surface area contributed by atoms with Crippen molar-refractivity contribution < 1.29 is 33.2 Å². The van der Waals surface area contributed by atoms with Crippen LogP contribution in [0.2, 0.25) is 0 Å². The minimum atomic E-state index is -0.467. The number of carbonyl (C=O) groups excluding carboxylic acids is 1. The summed E-state index contributed by atoms with van der Waals surface area (Å²) < 4.78 is 34.7. The Morgan fingerprint density at radius 3 is 1.57 bits per heavy atom. The van der Waals surface area contributed by atoms with Gasteiger partial charge in [0.25, 0.3) is 0 Å². The van der Waals surface area contributed by atoms with Crippen LogP contribution in [0.25, 0.3) is 11.1 Å². The third kappa shape index (κ3) is 4.77. The molecule has 190 valence electrons. The molecule has 0 aliphatic heterocycles. The first-order valence-electron chi connectivity index (χ1n) is 11.7. The Bertz CT molecular complexity index is 1130. The van der Waals surface area contributed by atoms with Crippen LogP contribution in [0.3, 0.4) is 0 Å². The van der Waals surface area contributed by atoms with Gasteiger partial charge in [0.2, 0.25) is 11.5 Å². The fourth-order valence-corrected chi connectivity index (χ4v) is 4.57. The standard InChI is InChI=1S/C28H36O7/c1-10-15(2)28(29)35-27-23-19(14-21(31-6)25(27)33-8)12-17(4)16(3)11-18-13-20(30-5)24(32-7)26(34-9)22(18)23/h10,13-14,16-17H,11-12H2,1-9H3/b15-10+/t16-,17+/m1/s1. The summed E-state index contributed by atoms with van der Waals surface area (Å²) >= 11 is 0. The molecule has 3 rings (SSSR count). The molecule has 7 nitrogen and oxygen atoms in total. The van der Waals surface area contributed by atoms with Crippen LogP contribution in [0.4, 0.5) is 0 Å². The molecule has 0 bridgehead atoms. The van der Waals surface area contributed by atoms with E-state index in [1.807, 2.05) is 12.1 Å². The van der Waals surface area contributed by atoms with Gasteiger partial charge in [-0.15, -0.1) is 0 Å². The molecule has 35 heavy (non-hydrogen) atoms. The maximum absolute atomic E-state index is 13.0. The number of methoxy groups -OCH3 is 5. The number of benzene rings is 2. The Hall–Kier alpha value is -3.35. The van der Waals surface area contributed by atoms with Gasteiger partial charge in [0, 0.05) is 16.7 Å². The quantitative estimate of drug-likeness (QED) is 0.286. The smallest absolute Gasteiger partial charge is 0.338 e. The Balaban J connectivity index is 2.53. The molecule has 0 amide bonds. The highest BCUT2D eigenvalue weighted by atomic mass is 16.6. The zero-order chi connectivity index (χ0) is 25.9. The van der Waals surface area contributed by atoms with Crippen LogP contribution >= 0.6 is 0 Å². The molecule has 2 aromatic rings. The van der Waals surface area contributed by atoms with Gasteiger partial charge in [-0.2, -0.15) is 0 Å². The van der Waals surface area contributed by atoms with Crippen molar-refractivity contribution in [3.05, 3.63) is 34.9 Å². The van der Waals surface area contributed by atoms with Crippen molar-refractivity contribution in [1.82, 2.24) is 0 Å². The average Bonchev–Trinajstić information content (AvgIpc) is 2.86. The van der Waals surface area contributed by atoms with E-state index in [2.05, 4.69) is 13.8 Å². The van der Waals surface area contributed by atoms with Gasteiger partial charge in [0.05, 0.1) is 35.5 Å². The number of fused-ring (bicyclic) bond motifs is 3. The number of esters is 1. The van der Waals surface area contributed by atoms with Crippen molar-refractivity contribution >= 4 is 5.97 Å². The first kappa shape index (κ1) is 26.3. The maximum atomic E-state index is 13.0. The fraction of sp³-hybridized carbons (Fsp3) is 0.464. The van der Waals surface area contributed by atoms with E-state index in [1.54, 1.807) is 48.4 Å². The molecule has 0 saturated carbocycles. The molecule has 1 aliphatic rings. The minimum Gasteiger partial charge on any atom is -0.493 e. The fourth-order valence-electron chi connectivity index (χ4n) is 4.57. The van der Waals surface area contributed by atoms with Gasteiger partial charge in [0.1, 0.15) is 0 Å². The summed E-state index contributed by atoms with van der Waals surface area (Å²) in [4.78, 5) is 13.0. The van der Waals surface area contributed by atoms with E-state index >= 15 is 0 Å². The molecule has 2 aromatic carbocycles. The number of carbonyl (C=O) groups is 1.